The zero-order chi connectivity index (χ0) is 36.7. The minimum Gasteiger partial charge on any atom is -0.458 e. The summed E-state index contributed by atoms with van der Waals surface area (Å²) in [6, 6.07) is 0. The summed E-state index contributed by atoms with van der Waals surface area (Å²) in [7, 11) is 3.55. The van der Waals surface area contributed by atoms with Crippen LogP contribution in [-0.2, 0) is 38.1 Å². The van der Waals surface area contributed by atoms with Crippen LogP contribution in [0, 0.1) is 40.4 Å². The number of hydrogen-bond acceptors (Lipinski definition) is 9. The molecule has 0 radical (unpaired) electrons. The number of methoxy groups -OCH3 is 2. The maximum absolute atomic E-state index is 12.6. The molecule has 280 valence electrons. The Bertz CT molecular complexity index is 1170. The normalized spacial score (nSPS) is 43.6. The average Bonchev–Trinajstić information content (AvgIpc) is 3.61. The number of ether oxygens (including phenoxy) is 5. The van der Waals surface area contributed by atoms with Gasteiger partial charge < -0.3 is 33.6 Å². The number of fused-ring (bicyclic) bond motifs is 5. The highest BCUT2D eigenvalue weighted by Gasteiger charge is 2.70. The third-order valence-corrected chi connectivity index (χ3v) is 13.2. The fraction of sp³-hybridized carbons (Fsp3) is 0.825. The number of aldehydes is 1. The van der Waals surface area contributed by atoms with Crippen LogP contribution in [0.2, 0.25) is 0 Å². The van der Waals surface area contributed by atoms with Gasteiger partial charge in [0, 0.05) is 50.4 Å². The highest BCUT2D eigenvalue weighted by Crippen LogP contribution is 2.70. The Labute approximate surface area is 295 Å². The smallest absolute Gasteiger partial charge is 0.331 e. The first-order chi connectivity index (χ1) is 23.2. The molecule has 13 atom stereocenters. The molecule has 9 nitrogen and oxygen atoms in total. The van der Waals surface area contributed by atoms with Gasteiger partial charge in [0.15, 0.2) is 12.1 Å². The van der Waals surface area contributed by atoms with Crippen LogP contribution in [-0.4, -0.2) is 80.3 Å². The van der Waals surface area contributed by atoms with E-state index in [2.05, 4.69) is 34.3 Å². The molecule has 0 aromatic carbocycles. The molecule has 1 saturated heterocycles. The van der Waals surface area contributed by atoms with Gasteiger partial charge in [-0.2, -0.15) is 0 Å². The first kappa shape index (κ1) is 41.5. The molecule has 13 unspecified atom stereocenters. The number of ketones is 1. The molecule has 1 N–H and O–H groups in total. The third kappa shape index (κ3) is 8.27. The van der Waals surface area contributed by atoms with E-state index in [9.17, 15) is 14.7 Å². The molecule has 0 aromatic heterocycles. The maximum atomic E-state index is 12.6. The average molecular weight is 691 g/mol. The van der Waals surface area contributed by atoms with Crippen LogP contribution < -0.4 is 0 Å². The standard InChI is InChI=1S/C32H50O7.C4H6O.C2H4O.C2H6/c1-18-19(2)38-28(15-25(18)35-5)39-22-9-11-30(3)21(14-22)7-8-24-23(30)10-12-31(4)29(20-13-27(33)37-17-20)26(36-6)16-32(24,31)34;1-3-4(2)5;1-2-3;1-2/h13,18-19,21-26,28-29,34H,7-12,14-17H2,1-6H3;3H,1H2,2H3;2H,1H3;1-2H3. The molecule has 0 aromatic rings. The van der Waals surface area contributed by atoms with Crippen LogP contribution in [0.1, 0.15) is 113 Å². The van der Waals surface area contributed by atoms with Gasteiger partial charge in [0.1, 0.15) is 12.9 Å². The minimum absolute atomic E-state index is 0.0185. The van der Waals surface area contributed by atoms with Crippen LogP contribution >= 0.6 is 0 Å². The quantitative estimate of drug-likeness (QED) is 0.136. The lowest BCUT2D eigenvalue weighted by molar-refractivity contribution is -0.262. The molecule has 49 heavy (non-hydrogen) atoms. The SMILES string of the molecule is C=CC(C)=O.CC.CC=O.COC1CC(OC2CCC3(C)C(CCC4C3CCC3(C)C(C5=CC(=O)OC5)C(OC)CC43O)C2)OC(C)C1C. The van der Waals surface area contributed by atoms with Crippen molar-refractivity contribution in [1.82, 2.24) is 0 Å². The van der Waals surface area contributed by atoms with Crippen LogP contribution in [0.15, 0.2) is 24.3 Å². The summed E-state index contributed by atoms with van der Waals surface area (Å²) in [5.74, 6) is 1.49. The summed E-state index contributed by atoms with van der Waals surface area (Å²) >= 11 is 0. The zero-order valence-electron chi connectivity index (χ0n) is 32.0. The van der Waals surface area contributed by atoms with E-state index in [4.69, 9.17) is 28.5 Å². The lowest BCUT2D eigenvalue weighted by Crippen LogP contribution is -2.62. The van der Waals surface area contributed by atoms with Gasteiger partial charge in [0.25, 0.3) is 0 Å². The third-order valence-electron chi connectivity index (χ3n) is 13.2. The van der Waals surface area contributed by atoms with Crippen molar-refractivity contribution < 1.29 is 43.2 Å². The molecule has 0 bridgehead atoms. The van der Waals surface area contributed by atoms with E-state index in [1.807, 2.05) is 13.8 Å². The van der Waals surface area contributed by atoms with Crippen LogP contribution in [0.3, 0.4) is 0 Å². The van der Waals surface area contributed by atoms with E-state index >= 15 is 0 Å². The topological polar surface area (TPSA) is 118 Å². The molecule has 4 saturated carbocycles. The number of cyclic esters (lactones) is 1. The Balaban J connectivity index is 0.000000581. The highest BCUT2D eigenvalue weighted by molar-refractivity contribution is 5.86. The summed E-state index contributed by atoms with van der Waals surface area (Å²) < 4.78 is 29.9. The number of rotatable bonds is 6. The Hall–Kier alpha value is -1.91. The molecule has 5 fully saturated rings. The molecule has 9 heteroatoms. The number of hydrogen-bond donors (Lipinski definition) is 1. The predicted molar refractivity (Wildman–Crippen MR) is 190 cm³/mol. The Kier molecular flexibility index (Phi) is 14.9. The van der Waals surface area contributed by atoms with Crippen molar-refractivity contribution in [2.45, 2.75) is 149 Å². The Morgan fingerprint density at radius 1 is 1.02 bits per heavy atom. The summed E-state index contributed by atoms with van der Waals surface area (Å²) in [6.07, 6.45) is 12.9. The molecule has 6 aliphatic rings. The molecular weight excluding hydrogens is 624 g/mol. The van der Waals surface area contributed by atoms with Gasteiger partial charge in [0.2, 0.25) is 0 Å². The van der Waals surface area contributed by atoms with Gasteiger partial charge in [-0.15, -0.1) is 0 Å². The summed E-state index contributed by atoms with van der Waals surface area (Å²) in [4.78, 5) is 30.5. The van der Waals surface area contributed by atoms with E-state index in [1.54, 1.807) is 20.3 Å². The number of esters is 1. The number of carbonyl (C=O) groups excluding carboxylic acids is 3. The van der Waals surface area contributed by atoms with Crippen LogP contribution in [0.4, 0.5) is 0 Å². The van der Waals surface area contributed by atoms with Crippen molar-refractivity contribution in [2.75, 3.05) is 20.8 Å². The van der Waals surface area contributed by atoms with E-state index in [1.165, 1.54) is 19.9 Å². The second-order valence-corrected chi connectivity index (χ2v) is 15.4. The number of allylic oxidation sites excluding steroid dienone is 1. The van der Waals surface area contributed by atoms with Gasteiger partial charge in [0.05, 0.1) is 30.0 Å². The number of aliphatic hydroxyl groups is 1. The maximum Gasteiger partial charge on any atom is 0.331 e. The van der Waals surface area contributed by atoms with E-state index < -0.39 is 5.60 Å². The fourth-order valence-electron chi connectivity index (χ4n) is 10.5. The number of carbonyl (C=O) groups is 3. The van der Waals surface area contributed by atoms with Gasteiger partial charge in [-0.25, -0.2) is 4.79 Å². The lowest BCUT2D eigenvalue weighted by Gasteiger charge is -2.63. The monoisotopic (exact) mass is 690 g/mol. The van der Waals surface area contributed by atoms with Crippen molar-refractivity contribution in [2.24, 2.45) is 40.4 Å². The van der Waals surface area contributed by atoms with Crippen molar-refractivity contribution in [1.29, 1.82) is 0 Å². The van der Waals surface area contributed by atoms with Gasteiger partial charge >= 0.3 is 5.97 Å². The van der Waals surface area contributed by atoms with E-state index in [0.29, 0.717) is 30.8 Å². The van der Waals surface area contributed by atoms with E-state index in [-0.39, 0.29) is 65.1 Å². The first-order valence-electron chi connectivity index (χ1n) is 18.7. The molecule has 2 heterocycles. The molecule has 0 amide bonds. The van der Waals surface area contributed by atoms with Crippen molar-refractivity contribution in [3.8, 4) is 0 Å². The molecule has 2 aliphatic heterocycles. The molecule has 4 aliphatic carbocycles. The summed E-state index contributed by atoms with van der Waals surface area (Å²) in [5.41, 5.74) is 0.0942. The second-order valence-electron chi connectivity index (χ2n) is 15.4. The van der Waals surface area contributed by atoms with Crippen molar-refractivity contribution in [3.63, 3.8) is 0 Å². The van der Waals surface area contributed by atoms with Gasteiger partial charge in [-0.05, 0) is 101 Å². The largest absolute Gasteiger partial charge is 0.458 e. The lowest BCUT2D eigenvalue weighted by atomic mass is 9.43. The zero-order valence-corrected chi connectivity index (χ0v) is 32.0. The Morgan fingerprint density at radius 2 is 1.65 bits per heavy atom. The first-order valence-corrected chi connectivity index (χ1v) is 18.7. The van der Waals surface area contributed by atoms with Crippen molar-refractivity contribution in [3.05, 3.63) is 24.3 Å². The molecular formula is C40H66O9. The summed E-state index contributed by atoms with van der Waals surface area (Å²) in [5, 5.41) is 12.6. The predicted octanol–water partition coefficient (Wildman–Crippen LogP) is 7.03. The molecule has 6 rings (SSSR count). The van der Waals surface area contributed by atoms with Crippen molar-refractivity contribution >= 4 is 18.0 Å². The van der Waals surface area contributed by atoms with Gasteiger partial charge in [-0.1, -0.05) is 41.2 Å². The highest BCUT2D eigenvalue weighted by atomic mass is 16.7. The Morgan fingerprint density at radius 3 is 2.20 bits per heavy atom. The van der Waals surface area contributed by atoms with Crippen LogP contribution in [0.5, 0.6) is 0 Å². The molecule has 0 spiro atoms. The summed E-state index contributed by atoms with van der Waals surface area (Å²) in [6.45, 7) is 19.5. The minimum atomic E-state index is -0.799. The van der Waals surface area contributed by atoms with E-state index in [0.717, 1.165) is 63.2 Å². The second kappa shape index (κ2) is 17.5. The van der Waals surface area contributed by atoms with Gasteiger partial charge in [-0.3, -0.25) is 4.79 Å². The fourth-order valence-corrected chi connectivity index (χ4v) is 10.5. The van der Waals surface area contributed by atoms with Crippen LogP contribution in [0.25, 0.3) is 0 Å².